The first kappa shape index (κ1) is 18.6. The molecule has 0 bridgehead atoms. The summed E-state index contributed by atoms with van der Waals surface area (Å²) >= 11 is 1.39. The highest BCUT2D eigenvalue weighted by Crippen LogP contribution is 2.35. The van der Waals surface area contributed by atoms with Gasteiger partial charge in [-0.15, -0.1) is 11.3 Å². The summed E-state index contributed by atoms with van der Waals surface area (Å²) in [6.45, 7) is 2.90. The molecular formula is C20H22N2O3S. The second-order valence-electron chi connectivity index (χ2n) is 6.28. The zero-order valence-corrected chi connectivity index (χ0v) is 15.6. The third kappa shape index (κ3) is 4.70. The van der Waals surface area contributed by atoms with Gasteiger partial charge in [0.15, 0.2) is 0 Å². The van der Waals surface area contributed by atoms with Crippen LogP contribution in [0.3, 0.4) is 0 Å². The third-order valence-electron chi connectivity index (χ3n) is 4.32. The molecule has 1 aliphatic rings. The Hall–Kier alpha value is -2.20. The lowest BCUT2D eigenvalue weighted by atomic mass is 10.1. The number of thiophene rings is 1. The molecule has 2 heterocycles. The summed E-state index contributed by atoms with van der Waals surface area (Å²) in [5.74, 6) is -0.251. The van der Waals surface area contributed by atoms with Gasteiger partial charge in [-0.1, -0.05) is 30.3 Å². The number of benzene rings is 1. The van der Waals surface area contributed by atoms with E-state index in [-0.39, 0.29) is 12.0 Å². The molecule has 1 aromatic heterocycles. The van der Waals surface area contributed by atoms with E-state index in [2.05, 4.69) is 11.4 Å². The predicted octanol–water partition coefficient (Wildman–Crippen LogP) is 4.20. The van der Waals surface area contributed by atoms with Gasteiger partial charge in [0.25, 0.3) is 5.91 Å². The SMILES string of the molecule is C[C@H](OC[C@H]1CCCCO1)C(=O)Nc1sc(-c2ccccc2)cc1C#N. The Morgan fingerprint density at radius 1 is 1.42 bits per heavy atom. The van der Waals surface area contributed by atoms with Crippen LogP contribution in [0.4, 0.5) is 5.00 Å². The van der Waals surface area contributed by atoms with Gasteiger partial charge in [-0.3, -0.25) is 4.79 Å². The van der Waals surface area contributed by atoms with Gasteiger partial charge in [-0.25, -0.2) is 0 Å². The fraction of sp³-hybridized carbons (Fsp3) is 0.400. The average Bonchev–Trinajstić information content (AvgIpc) is 3.10. The molecule has 2 atom stereocenters. The Morgan fingerprint density at radius 3 is 2.92 bits per heavy atom. The van der Waals surface area contributed by atoms with Crippen molar-refractivity contribution in [1.82, 2.24) is 0 Å². The number of amides is 1. The monoisotopic (exact) mass is 370 g/mol. The van der Waals surface area contributed by atoms with Crippen LogP contribution in [0.25, 0.3) is 10.4 Å². The Bertz CT molecular complexity index is 776. The van der Waals surface area contributed by atoms with E-state index >= 15 is 0 Å². The van der Waals surface area contributed by atoms with Crippen molar-refractivity contribution >= 4 is 22.2 Å². The van der Waals surface area contributed by atoms with Crippen LogP contribution in [0.1, 0.15) is 31.7 Å². The third-order valence-corrected chi connectivity index (χ3v) is 5.42. The molecular weight excluding hydrogens is 348 g/mol. The van der Waals surface area contributed by atoms with Crippen molar-refractivity contribution in [2.24, 2.45) is 0 Å². The number of rotatable bonds is 6. The molecule has 0 aliphatic carbocycles. The molecule has 3 rings (SSSR count). The van der Waals surface area contributed by atoms with E-state index in [0.29, 0.717) is 17.2 Å². The maximum Gasteiger partial charge on any atom is 0.253 e. The topological polar surface area (TPSA) is 71.3 Å². The Labute approximate surface area is 157 Å². The molecule has 6 heteroatoms. The second kappa shape index (κ2) is 8.95. The number of nitriles is 1. The summed E-state index contributed by atoms with van der Waals surface area (Å²) < 4.78 is 11.3. The Kier molecular flexibility index (Phi) is 6.40. The summed E-state index contributed by atoms with van der Waals surface area (Å²) in [6, 6.07) is 13.8. The van der Waals surface area contributed by atoms with E-state index in [1.807, 2.05) is 30.3 Å². The number of nitrogens with one attached hydrogen (secondary N) is 1. The van der Waals surface area contributed by atoms with E-state index < -0.39 is 6.10 Å². The van der Waals surface area contributed by atoms with Crippen LogP contribution in [0.5, 0.6) is 0 Å². The molecule has 1 aromatic carbocycles. The first-order valence-corrected chi connectivity index (χ1v) is 9.62. The number of carbonyl (C=O) groups is 1. The lowest BCUT2D eigenvalue weighted by Gasteiger charge is -2.23. The highest BCUT2D eigenvalue weighted by atomic mass is 32.1. The molecule has 1 fully saturated rings. The average molecular weight is 370 g/mol. The summed E-state index contributed by atoms with van der Waals surface area (Å²) in [4.78, 5) is 13.4. The molecule has 5 nitrogen and oxygen atoms in total. The smallest absolute Gasteiger partial charge is 0.253 e. The van der Waals surface area contributed by atoms with Crippen molar-refractivity contribution in [2.75, 3.05) is 18.5 Å². The zero-order valence-electron chi connectivity index (χ0n) is 14.7. The Morgan fingerprint density at radius 2 is 2.23 bits per heavy atom. The van der Waals surface area contributed by atoms with Crippen LogP contribution in [0, 0.1) is 11.3 Å². The first-order valence-electron chi connectivity index (χ1n) is 8.81. The maximum absolute atomic E-state index is 12.4. The van der Waals surface area contributed by atoms with E-state index in [4.69, 9.17) is 9.47 Å². The van der Waals surface area contributed by atoms with Crippen molar-refractivity contribution < 1.29 is 14.3 Å². The highest BCUT2D eigenvalue weighted by molar-refractivity contribution is 7.19. The van der Waals surface area contributed by atoms with Crippen molar-refractivity contribution in [2.45, 2.75) is 38.4 Å². The highest BCUT2D eigenvalue weighted by Gasteiger charge is 2.21. The predicted molar refractivity (Wildman–Crippen MR) is 102 cm³/mol. The largest absolute Gasteiger partial charge is 0.376 e. The molecule has 0 spiro atoms. The number of hydrogen-bond acceptors (Lipinski definition) is 5. The lowest BCUT2D eigenvalue weighted by Crippen LogP contribution is -2.32. The van der Waals surface area contributed by atoms with Gasteiger partial charge >= 0.3 is 0 Å². The zero-order chi connectivity index (χ0) is 18.4. The van der Waals surface area contributed by atoms with E-state index in [1.165, 1.54) is 11.3 Å². The standard InChI is InChI=1S/C20H22N2O3S/c1-14(25-13-17-9-5-6-10-24-17)19(23)22-20-16(12-21)11-18(26-20)15-7-3-2-4-8-15/h2-4,7-8,11,14,17H,5-6,9-10,13H2,1H3,(H,22,23)/t14-,17+/m0/s1. The summed E-state index contributed by atoms with van der Waals surface area (Å²) in [7, 11) is 0. The van der Waals surface area contributed by atoms with Gasteiger partial charge in [0.05, 0.1) is 18.3 Å². The lowest BCUT2D eigenvalue weighted by molar-refractivity contribution is -0.130. The van der Waals surface area contributed by atoms with Crippen molar-refractivity contribution in [3.63, 3.8) is 0 Å². The van der Waals surface area contributed by atoms with Gasteiger partial charge in [0.2, 0.25) is 0 Å². The van der Waals surface area contributed by atoms with Gasteiger partial charge in [-0.05, 0) is 37.8 Å². The number of nitrogens with zero attached hydrogens (tertiary/aromatic N) is 1. The van der Waals surface area contributed by atoms with Crippen molar-refractivity contribution in [3.05, 3.63) is 42.0 Å². The van der Waals surface area contributed by atoms with Crippen LogP contribution < -0.4 is 5.32 Å². The molecule has 0 saturated carbocycles. The summed E-state index contributed by atoms with van der Waals surface area (Å²) in [6.07, 6.45) is 2.66. The van der Waals surface area contributed by atoms with Crippen LogP contribution in [0.2, 0.25) is 0 Å². The van der Waals surface area contributed by atoms with Crippen LogP contribution >= 0.6 is 11.3 Å². The van der Waals surface area contributed by atoms with E-state index in [1.54, 1.807) is 13.0 Å². The number of anilines is 1. The number of ether oxygens (including phenoxy) is 2. The van der Waals surface area contributed by atoms with Crippen LogP contribution in [-0.4, -0.2) is 31.3 Å². The van der Waals surface area contributed by atoms with Gasteiger partial charge in [-0.2, -0.15) is 5.26 Å². The minimum absolute atomic E-state index is 0.0695. The van der Waals surface area contributed by atoms with Gasteiger partial charge in [0.1, 0.15) is 17.2 Å². The quantitative estimate of drug-likeness (QED) is 0.827. The minimum atomic E-state index is -0.602. The fourth-order valence-electron chi connectivity index (χ4n) is 2.79. The summed E-state index contributed by atoms with van der Waals surface area (Å²) in [5, 5.41) is 12.7. The van der Waals surface area contributed by atoms with Crippen LogP contribution in [0.15, 0.2) is 36.4 Å². The molecule has 1 N–H and O–H groups in total. The van der Waals surface area contributed by atoms with Crippen LogP contribution in [-0.2, 0) is 14.3 Å². The van der Waals surface area contributed by atoms with E-state index in [9.17, 15) is 10.1 Å². The number of hydrogen-bond donors (Lipinski definition) is 1. The minimum Gasteiger partial charge on any atom is -0.376 e. The molecule has 1 saturated heterocycles. The van der Waals surface area contributed by atoms with Gasteiger partial charge in [0, 0.05) is 11.5 Å². The summed E-state index contributed by atoms with van der Waals surface area (Å²) in [5.41, 5.74) is 1.48. The van der Waals surface area contributed by atoms with Crippen molar-refractivity contribution in [3.8, 4) is 16.5 Å². The second-order valence-corrected chi connectivity index (χ2v) is 7.34. The molecule has 136 valence electrons. The molecule has 1 aliphatic heterocycles. The first-order chi connectivity index (χ1) is 12.7. The van der Waals surface area contributed by atoms with Crippen molar-refractivity contribution in [1.29, 1.82) is 5.26 Å². The molecule has 0 unspecified atom stereocenters. The molecule has 1 amide bonds. The fourth-order valence-corrected chi connectivity index (χ4v) is 3.81. The molecule has 0 radical (unpaired) electrons. The maximum atomic E-state index is 12.4. The number of carbonyl (C=O) groups excluding carboxylic acids is 1. The molecule has 2 aromatic rings. The molecule has 26 heavy (non-hydrogen) atoms. The van der Waals surface area contributed by atoms with Gasteiger partial charge < -0.3 is 14.8 Å². The normalized spacial score (nSPS) is 18.1. The van der Waals surface area contributed by atoms with E-state index in [0.717, 1.165) is 36.3 Å². The Balaban J connectivity index is 1.61.